The Kier molecular flexibility index (Phi) is 3.36. The van der Waals surface area contributed by atoms with E-state index in [-0.39, 0.29) is 5.82 Å². The van der Waals surface area contributed by atoms with Crippen LogP contribution in [0.2, 0.25) is 0 Å². The van der Waals surface area contributed by atoms with Crippen molar-refractivity contribution in [3.8, 4) is 11.1 Å². The van der Waals surface area contributed by atoms with Gasteiger partial charge in [-0.2, -0.15) is 0 Å². The third-order valence-electron chi connectivity index (χ3n) is 2.42. The average Bonchev–Trinajstić information content (AvgIpc) is 2.30. The zero-order chi connectivity index (χ0) is 11.5. The Balaban J connectivity index is 2.44. The van der Waals surface area contributed by atoms with Crippen LogP contribution in [0, 0.1) is 5.82 Å². The van der Waals surface area contributed by atoms with Crippen molar-refractivity contribution in [3.05, 3.63) is 58.3 Å². The van der Waals surface area contributed by atoms with Gasteiger partial charge in [-0.1, -0.05) is 40.2 Å². The number of hydrogen-bond donors (Lipinski definition) is 1. The second kappa shape index (κ2) is 4.76. The molecule has 2 rings (SSSR count). The summed E-state index contributed by atoms with van der Waals surface area (Å²) in [5.74, 6) is -0.231. The zero-order valence-corrected chi connectivity index (χ0v) is 10.2. The van der Waals surface area contributed by atoms with Gasteiger partial charge in [0.1, 0.15) is 5.82 Å². The van der Waals surface area contributed by atoms with E-state index in [9.17, 15) is 4.39 Å². The molecule has 0 unspecified atom stereocenters. The molecule has 0 saturated heterocycles. The van der Waals surface area contributed by atoms with Crippen molar-refractivity contribution in [2.75, 3.05) is 0 Å². The maximum Gasteiger partial charge on any atom is 0.131 e. The molecule has 3 heteroatoms. The van der Waals surface area contributed by atoms with E-state index in [4.69, 9.17) is 5.73 Å². The predicted octanol–water partition coefficient (Wildman–Crippen LogP) is 3.71. The third kappa shape index (κ3) is 2.31. The predicted molar refractivity (Wildman–Crippen MR) is 67.4 cm³/mol. The van der Waals surface area contributed by atoms with E-state index in [2.05, 4.69) is 15.9 Å². The molecule has 0 aromatic heterocycles. The first kappa shape index (κ1) is 11.3. The first-order valence-corrected chi connectivity index (χ1v) is 5.74. The highest BCUT2D eigenvalue weighted by Crippen LogP contribution is 2.25. The van der Waals surface area contributed by atoms with Gasteiger partial charge in [-0.15, -0.1) is 0 Å². The van der Waals surface area contributed by atoms with E-state index in [1.165, 1.54) is 6.07 Å². The molecular weight excluding hydrogens is 269 g/mol. The topological polar surface area (TPSA) is 26.0 Å². The van der Waals surface area contributed by atoms with Crippen molar-refractivity contribution in [2.24, 2.45) is 5.73 Å². The Morgan fingerprint density at radius 1 is 1.06 bits per heavy atom. The van der Waals surface area contributed by atoms with Crippen molar-refractivity contribution in [1.82, 2.24) is 0 Å². The molecule has 0 aliphatic heterocycles. The van der Waals surface area contributed by atoms with Crippen LogP contribution in [-0.2, 0) is 6.54 Å². The van der Waals surface area contributed by atoms with E-state index in [1.54, 1.807) is 6.07 Å². The van der Waals surface area contributed by atoms with Crippen molar-refractivity contribution in [1.29, 1.82) is 0 Å². The van der Waals surface area contributed by atoms with Crippen LogP contribution in [0.1, 0.15) is 5.56 Å². The van der Waals surface area contributed by atoms with Crippen molar-refractivity contribution < 1.29 is 4.39 Å². The summed E-state index contributed by atoms with van der Waals surface area (Å²) in [4.78, 5) is 0. The number of rotatable bonds is 2. The van der Waals surface area contributed by atoms with Crippen molar-refractivity contribution >= 4 is 15.9 Å². The molecule has 0 aliphatic rings. The van der Waals surface area contributed by atoms with E-state index in [0.717, 1.165) is 15.6 Å². The van der Waals surface area contributed by atoms with Crippen LogP contribution in [0.3, 0.4) is 0 Å². The summed E-state index contributed by atoms with van der Waals surface area (Å²) >= 11 is 3.35. The summed E-state index contributed by atoms with van der Waals surface area (Å²) < 4.78 is 14.7. The van der Waals surface area contributed by atoms with Crippen LogP contribution in [0.4, 0.5) is 4.39 Å². The quantitative estimate of drug-likeness (QED) is 0.891. The molecule has 0 bridgehead atoms. The molecule has 0 aliphatic carbocycles. The number of benzene rings is 2. The first-order chi connectivity index (χ1) is 7.70. The molecule has 1 nitrogen and oxygen atoms in total. The Bertz CT molecular complexity index is 494. The van der Waals surface area contributed by atoms with Crippen LogP contribution < -0.4 is 5.73 Å². The van der Waals surface area contributed by atoms with Crippen LogP contribution in [0.25, 0.3) is 11.1 Å². The normalized spacial score (nSPS) is 10.4. The number of halogens is 2. The van der Waals surface area contributed by atoms with Crippen LogP contribution in [-0.4, -0.2) is 0 Å². The summed E-state index contributed by atoms with van der Waals surface area (Å²) in [6.07, 6.45) is 0. The van der Waals surface area contributed by atoms with Crippen LogP contribution in [0.5, 0.6) is 0 Å². The molecule has 2 N–H and O–H groups in total. The molecule has 2 aromatic carbocycles. The van der Waals surface area contributed by atoms with Gasteiger partial charge in [0.05, 0.1) is 0 Å². The molecule has 0 saturated carbocycles. The molecule has 0 heterocycles. The molecule has 0 amide bonds. The fraction of sp³-hybridized carbons (Fsp3) is 0.0769. The fourth-order valence-corrected chi connectivity index (χ4v) is 1.81. The standard InChI is InChI=1S/C13H11BrFN/c14-11-4-2-10(3-5-11)12-6-1-9(8-16)7-13(12)15/h1-7H,8,16H2. The second-order valence-corrected chi connectivity index (χ2v) is 4.44. The lowest BCUT2D eigenvalue weighted by molar-refractivity contribution is 0.629. The largest absolute Gasteiger partial charge is 0.326 e. The van der Waals surface area contributed by atoms with E-state index < -0.39 is 0 Å². The lowest BCUT2D eigenvalue weighted by Crippen LogP contribution is -1.97. The Morgan fingerprint density at radius 2 is 1.75 bits per heavy atom. The summed E-state index contributed by atoms with van der Waals surface area (Å²) in [5.41, 5.74) is 7.73. The Hall–Kier alpha value is -1.19. The molecule has 0 radical (unpaired) electrons. The van der Waals surface area contributed by atoms with Gasteiger partial charge in [0.15, 0.2) is 0 Å². The number of nitrogens with two attached hydrogens (primary N) is 1. The van der Waals surface area contributed by atoms with Crippen LogP contribution in [0.15, 0.2) is 46.9 Å². The molecule has 82 valence electrons. The summed E-state index contributed by atoms with van der Waals surface area (Å²) in [5, 5.41) is 0. The SMILES string of the molecule is NCc1ccc(-c2ccc(Br)cc2)c(F)c1. The van der Waals surface area contributed by atoms with Gasteiger partial charge in [-0.05, 0) is 29.3 Å². The van der Waals surface area contributed by atoms with Gasteiger partial charge >= 0.3 is 0 Å². The molecule has 16 heavy (non-hydrogen) atoms. The zero-order valence-electron chi connectivity index (χ0n) is 8.58. The van der Waals surface area contributed by atoms with Gasteiger partial charge in [0, 0.05) is 16.6 Å². The fourth-order valence-electron chi connectivity index (χ4n) is 1.55. The van der Waals surface area contributed by atoms with Gasteiger partial charge in [-0.25, -0.2) is 4.39 Å². The van der Waals surface area contributed by atoms with E-state index in [0.29, 0.717) is 12.1 Å². The van der Waals surface area contributed by atoms with Crippen molar-refractivity contribution in [3.63, 3.8) is 0 Å². The van der Waals surface area contributed by atoms with Gasteiger partial charge in [0.25, 0.3) is 0 Å². The van der Waals surface area contributed by atoms with Gasteiger partial charge in [-0.3, -0.25) is 0 Å². The third-order valence-corrected chi connectivity index (χ3v) is 2.95. The lowest BCUT2D eigenvalue weighted by Gasteiger charge is -2.05. The molecule has 0 atom stereocenters. The maximum absolute atomic E-state index is 13.8. The molecular formula is C13H11BrFN. The summed E-state index contributed by atoms with van der Waals surface area (Å²) in [6.45, 7) is 0.359. The summed E-state index contributed by atoms with van der Waals surface area (Å²) in [6, 6.07) is 12.6. The first-order valence-electron chi connectivity index (χ1n) is 4.95. The van der Waals surface area contributed by atoms with E-state index >= 15 is 0 Å². The highest BCUT2D eigenvalue weighted by molar-refractivity contribution is 9.10. The minimum Gasteiger partial charge on any atom is -0.326 e. The Labute approximate surface area is 102 Å². The van der Waals surface area contributed by atoms with Gasteiger partial charge < -0.3 is 5.73 Å². The highest BCUT2D eigenvalue weighted by atomic mass is 79.9. The maximum atomic E-state index is 13.8. The Morgan fingerprint density at radius 3 is 2.31 bits per heavy atom. The number of hydrogen-bond acceptors (Lipinski definition) is 1. The smallest absolute Gasteiger partial charge is 0.131 e. The minimum absolute atomic E-state index is 0.231. The summed E-state index contributed by atoms with van der Waals surface area (Å²) in [7, 11) is 0. The average molecular weight is 280 g/mol. The van der Waals surface area contributed by atoms with Crippen LogP contribution >= 0.6 is 15.9 Å². The molecule has 0 spiro atoms. The highest BCUT2D eigenvalue weighted by Gasteiger charge is 2.05. The van der Waals surface area contributed by atoms with E-state index in [1.807, 2.05) is 30.3 Å². The van der Waals surface area contributed by atoms with Crippen molar-refractivity contribution in [2.45, 2.75) is 6.54 Å². The second-order valence-electron chi connectivity index (χ2n) is 3.53. The molecule has 0 fully saturated rings. The molecule has 2 aromatic rings. The minimum atomic E-state index is -0.231. The monoisotopic (exact) mass is 279 g/mol. The van der Waals surface area contributed by atoms with Gasteiger partial charge in [0.2, 0.25) is 0 Å². The lowest BCUT2D eigenvalue weighted by atomic mass is 10.0.